The molecule has 0 radical (unpaired) electrons. The summed E-state index contributed by atoms with van der Waals surface area (Å²) in [7, 11) is 2.67. The molecule has 1 aliphatic carbocycles. The number of alkyl carbamates (subject to hydrolysis) is 2. The Morgan fingerprint density at radius 3 is 1.91 bits per heavy atom. The van der Waals surface area contributed by atoms with E-state index in [9.17, 15) is 14.4 Å². The molecule has 5 aromatic rings. The van der Waals surface area contributed by atoms with Crippen LogP contribution in [-0.2, 0) is 14.3 Å². The number of H-pyrrole nitrogens is 2. The number of nitrogens with zero attached hydrogens (tertiary/aromatic N) is 5. The molecule has 3 fully saturated rings. The molecule has 2 aliphatic heterocycles. The molecule has 0 bridgehead atoms. The molecule has 3 amide bonds. The molecule has 5 heterocycles. The van der Waals surface area contributed by atoms with Crippen LogP contribution in [0.15, 0.2) is 105 Å². The van der Waals surface area contributed by atoms with Gasteiger partial charge in [0.25, 0.3) is 0 Å². The highest BCUT2D eigenvalue weighted by atomic mass is 79.9. The zero-order valence-corrected chi connectivity index (χ0v) is 48.8. The lowest BCUT2D eigenvalue weighted by Crippen LogP contribution is -2.51. The molecule has 0 unspecified atom stereocenters. The maximum atomic E-state index is 13.9. The Morgan fingerprint density at radius 1 is 0.720 bits per heavy atom. The van der Waals surface area contributed by atoms with Gasteiger partial charge in [0.15, 0.2) is 0 Å². The fraction of sp³-hybridized carbons (Fsp3) is 0.431. The lowest BCUT2D eigenvalue weighted by Gasteiger charge is -2.34. The van der Waals surface area contributed by atoms with Crippen molar-refractivity contribution in [2.75, 3.05) is 27.3 Å². The van der Waals surface area contributed by atoms with Gasteiger partial charge in [-0.05, 0) is 151 Å². The first-order chi connectivity index (χ1) is 36.0. The molecule has 1 saturated carbocycles. The number of aromatic nitrogens is 5. The first-order valence-electron chi connectivity index (χ1n) is 26.1. The zero-order valence-electron chi connectivity index (χ0n) is 44.1. The monoisotopic (exact) mass is 1210 g/mol. The van der Waals surface area contributed by atoms with Crippen LogP contribution < -0.4 is 10.6 Å². The van der Waals surface area contributed by atoms with Crippen LogP contribution in [0.5, 0.6) is 0 Å². The van der Waals surface area contributed by atoms with E-state index < -0.39 is 18.2 Å². The number of hydrogen-bond acceptors (Lipinski definition) is 8. The van der Waals surface area contributed by atoms with Crippen LogP contribution in [0.1, 0.15) is 139 Å². The Bertz CT molecular complexity index is 2950. The molecule has 2 saturated heterocycles. The van der Waals surface area contributed by atoms with Gasteiger partial charge in [0.05, 0.1) is 43.7 Å². The van der Waals surface area contributed by atoms with Crippen LogP contribution in [0.2, 0.25) is 0 Å². The minimum absolute atomic E-state index is 0.0531. The number of allylic oxidation sites excluding steroid dienone is 5. The van der Waals surface area contributed by atoms with Crippen molar-refractivity contribution in [1.82, 2.24) is 44.9 Å². The van der Waals surface area contributed by atoms with Crippen LogP contribution in [0, 0.1) is 11.8 Å². The summed E-state index contributed by atoms with van der Waals surface area (Å²) in [5, 5.41) is 5.71. The third-order valence-electron chi connectivity index (χ3n) is 15.0. The predicted octanol–water partition coefficient (Wildman–Crippen LogP) is 14.3. The van der Waals surface area contributed by atoms with Crippen LogP contribution in [0.4, 0.5) is 9.59 Å². The van der Waals surface area contributed by atoms with Gasteiger partial charge in [-0.3, -0.25) is 4.79 Å². The van der Waals surface area contributed by atoms with E-state index in [2.05, 4.69) is 179 Å². The highest BCUT2D eigenvalue weighted by Crippen LogP contribution is 2.42. The van der Waals surface area contributed by atoms with Gasteiger partial charge in [-0.1, -0.05) is 115 Å². The van der Waals surface area contributed by atoms with Gasteiger partial charge >= 0.3 is 12.2 Å². The second-order valence-electron chi connectivity index (χ2n) is 20.5. The molecular weight excluding hydrogens is 1140 g/mol. The number of aromatic amines is 2. The van der Waals surface area contributed by atoms with Crippen LogP contribution in [0.25, 0.3) is 39.3 Å². The van der Waals surface area contributed by atoms with E-state index in [1.807, 2.05) is 24.8 Å². The zero-order chi connectivity index (χ0) is 53.7. The van der Waals surface area contributed by atoms with Gasteiger partial charge in [0.1, 0.15) is 38.3 Å². The Balaban J connectivity index is 1.08. The number of methoxy groups -OCH3 is 2. The number of imidazole rings is 2. The largest absolute Gasteiger partial charge is 0.453 e. The topological polar surface area (TPSA) is 162 Å². The maximum Gasteiger partial charge on any atom is 0.407 e. The number of carbonyl (C=O) groups is 3. The molecule has 0 spiro atoms. The SMILES string of the molecule is C=C(/C=C\C(=C/C)c1c(Br)cc(-c2ccc(-c3nc([C@@H]4CCCN4C(=O)[C@@H](NC(=O)OC)C(C)C)[nH]c3Br)cc2)n1-c1ccc(C2CCCCC2)cc1)c1nc([C@@H]2CCCN2C(=C)[C@@H](NC(=O)OC)C(C)C)[nH]c1Br. The number of nitrogens with one attached hydrogen (secondary N) is 4. The van der Waals surface area contributed by atoms with Crippen molar-refractivity contribution in [3.05, 3.63) is 134 Å². The standard InChI is InChI=1S/C58H70Br3N9O5/c1-10-37(21-20-35(6)49-52(60)66-54(62-49)44-18-14-30-68(44)36(7)47(33(2)3)64-57(72)74-8)51-43(59)32-46(70(51)42-28-26-39(27-29-42)38-16-12-11-13-17-38)40-22-24-41(25-23-40)50-53(61)67-55(63-50)45-19-15-31-69(45)56(71)48(34(4)5)65-58(73)75-9/h10,20-29,32-34,38,44-45,47-48H,6-7,11-19,30-31H2,1-5,8-9H3,(H,62,66)(H,63,67)(H,64,72)(H,65,73)/b21-20-,37-10+/t44-,45-,47-,48-/m0/s1. The highest BCUT2D eigenvalue weighted by molar-refractivity contribution is 9.11. The third-order valence-corrected chi connectivity index (χ3v) is 16.8. The second kappa shape index (κ2) is 24.6. The molecule has 4 atom stereocenters. The van der Waals surface area contributed by atoms with Crippen molar-refractivity contribution in [3.63, 3.8) is 0 Å². The lowest BCUT2D eigenvalue weighted by molar-refractivity contribution is -0.135. The number of halogens is 3. The molecular formula is C58H70Br3N9O5. The molecule has 75 heavy (non-hydrogen) atoms. The number of ether oxygens (including phenoxy) is 2. The summed E-state index contributed by atoms with van der Waals surface area (Å²) in [4.78, 5) is 59.6. The molecule has 3 aliphatic rings. The number of amides is 3. The third kappa shape index (κ3) is 12.2. The normalized spacial score (nSPS) is 18.3. The number of rotatable bonds is 17. The van der Waals surface area contributed by atoms with Crippen molar-refractivity contribution in [2.24, 2.45) is 11.8 Å². The van der Waals surface area contributed by atoms with E-state index in [1.165, 1.54) is 51.9 Å². The van der Waals surface area contributed by atoms with Crippen molar-refractivity contribution >= 4 is 77.0 Å². The van der Waals surface area contributed by atoms with Crippen LogP contribution >= 0.6 is 47.8 Å². The van der Waals surface area contributed by atoms with E-state index in [4.69, 9.17) is 19.4 Å². The van der Waals surface area contributed by atoms with Gasteiger partial charge < -0.3 is 44.4 Å². The predicted molar refractivity (Wildman–Crippen MR) is 308 cm³/mol. The van der Waals surface area contributed by atoms with Crippen molar-refractivity contribution in [2.45, 2.75) is 122 Å². The Hall–Kier alpha value is -5.65. The average Bonchev–Trinajstić information content (AvgIpc) is 4.28. The summed E-state index contributed by atoms with van der Waals surface area (Å²) in [6.45, 7) is 20.3. The second-order valence-corrected chi connectivity index (χ2v) is 22.9. The number of likely N-dealkylation sites (tertiary alicyclic amines) is 2. The number of carbonyl (C=O) groups excluding carboxylic acids is 3. The van der Waals surface area contributed by atoms with Crippen molar-refractivity contribution in [1.29, 1.82) is 0 Å². The fourth-order valence-corrected chi connectivity index (χ4v) is 12.7. The molecule has 3 aromatic heterocycles. The Labute approximate surface area is 466 Å². The number of hydrogen-bond donors (Lipinski definition) is 4. The molecule has 17 heteroatoms. The molecule has 398 valence electrons. The lowest BCUT2D eigenvalue weighted by atomic mass is 9.84. The summed E-state index contributed by atoms with van der Waals surface area (Å²) >= 11 is 11.6. The Morgan fingerprint density at radius 2 is 1.29 bits per heavy atom. The minimum Gasteiger partial charge on any atom is -0.453 e. The molecule has 2 aromatic carbocycles. The van der Waals surface area contributed by atoms with Crippen molar-refractivity contribution in [3.8, 4) is 28.2 Å². The summed E-state index contributed by atoms with van der Waals surface area (Å²) < 4.78 is 14.5. The summed E-state index contributed by atoms with van der Waals surface area (Å²) in [5.41, 5.74) is 10.4. The van der Waals surface area contributed by atoms with E-state index in [-0.39, 0.29) is 35.9 Å². The smallest absolute Gasteiger partial charge is 0.407 e. The summed E-state index contributed by atoms with van der Waals surface area (Å²) in [6, 6.07) is 18.4. The van der Waals surface area contributed by atoms with Gasteiger partial charge in [0.2, 0.25) is 5.91 Å². The average molecular weight is 1210 g/mol. The van der Waals surface area contributed by atoms with E-state index in [0.717, 1.165) is 102 Å². The molecule has 8 rings (SSSR count). The molecule has 14 nitrogen and oxygen atoms in total. The Kier molecular flexibility index (Phi) is 18.2. The fourth-order valence-electron chi connectivity index (χ4n) is 11.0. The van der Waals surface area contributed by atoms with E-state index >= 15 is 0 Å². The van der Waals surface area contributed by atoms with Crippen LogP contribution in [0.3, 0.4) is 0 Å². The summed E-state index contributed by atoms with van der Waals surface area (Å²) in [5.74, 6) is 1.89. The van der Waals surface area contributed by atoms with Gasteiger partial charge in [-0.2, -0.15) is 0 Å². The van der Waals surface area contributed by atoms with E-state index in [0.29, 0.717) is 24.0 Å². The first-order valence-corrected chi connectivity index (χ1v) is 28.5. The van der Waals surface area contributed by atoms with Crippen LogP contribution in [-0.4, -0.2) is 91.8 Å². The minimum atomic E-state index is -0.722. The number of benzene rings is 2. The van der Waals surface area contributed by atoms with Gasteiger partial charge in [-0.15, -0.1) is 0 Å². The maximum absolute atomic E-state index is 13.9. The quantitative estimate of drug-likeness (QED) is 0.0669. The highest BCUT2D eigenvalue weighted by Gasteiger charge is 2.38. The summed E-state index contributed by atoms with van der Waals surface area (Å²) in [6.07, 6.45) is 14.8. The van der Waals surface area contributed by atoms with Crippen molar-refractivity contribution < 1.29 is 23.9 Å². The first kappa shape index (κ1) is 55.6. The van der Waals surface area contributed by atoms with Gasteiger partial charge in [0, 0.05) is 34.5 Å². The van der Waals surface area contributed by atoms with Gasteiger partial charge in [-0.25, -0.2) is 19.6 Å². The molecule has 4 N–H and O–H groups in total. The van der Waals surface area contributed by atoms with E-state index in [1.54, 1.807) is 0 Å².